The van der Waals surface area contributed by atoms with Crippen molar-refractivity contribution in [1.82, 2.24) is 34.5 Å². The van der Waals surface area contributed by atoms with Crippen LogP contribution in [0.2, 0.25) is 0 Å². The molecule has 7 nitrogen and oxygen atoms in total. The standard InChI is InChI=1S/C63H43N7/c1-63(2)51-33-19-17-32-49(51)55-52(63)37-36-47-46-30-18-20-34-53(46)70(56(47)55)54-38-35-44(39-50(54)62-67-57(41-23-9-4-10-24-41)64-58(68-62)42-25-11-5-12-26-42)60-65-59(43-27-13-6-14-28-43)66-61(69-60)48-31-16-15-29-45(48)40-21-7-3-8-22-40/h3-39H,1-2H3. The molecule has 0 radical (unpaired) electrons. The topological polar surface area (TPSA) is 82.3 Å². The molecule has 13 rings (SSSR count). The summed E-state index contributed by atoms with van der Waals surface area (Å²) >= 11 is 0. The third kappa shape index (κ3) is 6.81. The van der Waals surface area contributed by atoms with Crippen LogP contribution in [0.4, 0.5) is 0 Å². The van der Waals surface area contributed by atoms with Crippen molar-refractivity contribution in [3.05, 3.63) is 236 Å². The molecule has 0 saturated carbocycles. The highest BCUT2D eigenvalue weighted by atomic mass is 15.1. The van der Waals surface area contributed by atoms with E-state index in [2.05, 4.69) is 140 Å². The van der Waals surface area contributed by atoms with Crippen LogP contribution >= 0.6 is 0 Å². The minimum Gasteiger partial charge on any atom is -0.308 e. The summed E-state index contributed by atoms with van der Waals surface area (Å²) in [4.78, 5) is 31.7. The Kier molecular flexibility index (Phi) is 9.69. The predicted octanol–water partition coefficient (Wildman–Crippen LogP) is 15.1. The second kappa shape index (κ2) is 16.5. The van der Waals surface area contributed by atoms with Gasteiger partial charge in [0.15, 0.2) is 34.9 Å². The second-order valence-electron chi connectivity index (χ2n) is 18.3. The van der Waals surface area contributed by atoms with Crippen molar-refractivity contribution in [3.8, 4) is 96.3 Å². The van der Waals surface area contributed by atoms with E-state index in [9.17, 15) is 0 Å². The first-order chi connectivity index (χ1) is 34.5. The minimum atomic E-state index is -0.205. The molecule has 0 N–H and O–H groups in total. The molecule has 3 aromatic heterocycles. The van der Waals surface area contributed by atoms with Crippen LogP contribution in [0, 0.1) is 0 Å². The van der Waals surface area contributed by atoms with Gasteiger partial charge in [0.25, 0.3) is 0 Å². The summed E-state index contributed by atoms with van der Waals surface area (Å²) in [5.74, 6) is 3.35. The summed E-state index contributed by atoms with van der Waals surface area (Å²) in [6.07, 6.45) is 0. The van der Waals surface area contributed by atoms with Crippen LogP contribution in [0.15, 0.2) is 224 Å². The molecule has 0 aliphatic heterocycles. The van der Waals surface area contributed by atoms with Crippen LogP contribution in [0.1, 0.15) is 25.0 Å². The van der Waals surface area contributed by atoms with Crippen molar-refractivity contribution >= 4 is 21.8 Å². The van der Waals surface area contributed by atoms with E-state index in [0.717, 1.165) is 66.6 Å². The predicted molar refractivity (Wildman–Crippen MR) is 283 cm³/mol. The smallest absolute Gasteiger partial charge is 0.166 e. The fraction of sp³-hybridized carbons (Fsp3) is 0.0476. The van der Waals surface area contributed by atoms with E-state index in [1.54, 1.807) is 0 Å². The van der Waals surface area contributed by atoms with E-state index in [0.29, 0.717) is 34.9 Å². The van der Waals surface area contributed by atoms with Crippen LogP contribution in [0.5, 0.6) is 0 Å². The molecule has 0 amide bonds. The fourth-order valence-corrected chi connectivity index (χ4v) is 10.4. The molecule has 3 heterocycles. The number of nitrogens with zero attached hydrogens (tertiary/aromatic N) is 7. The van der Waals surface area contributed by atoms with Crippen LogP contribution in [0.3, 0.4) is 0 Å². The first kappa shape index (κ1) is 41.0. The van der Waals surface area contributed by atoms with E-state index < -0.39 is 0 Å². The first-order valence-corrected chi connectivity index (χ1v) is 23.6. The zero-order chi connectivity index (χ0) is 46.8. The van der Waals surface area contributed by atoms with Crippen LogP contribution < -0.4 is 0 Å². The third-order valence-corrected chi connectivity index (χ3v) is 13.7. The maximum atomic E-state index is 5.38. The van der Waals surface area contributed by atoms with Gasteiger partial charge in [0.2, 0.25) is 0 Å². The van der Waals surface area contributed by atoms with Crippen molar-refractivity contribution in [2.24, 2.45) is 0 Å². The van der Waals surface area contributed by atoms with Crippen LogP contribution in [0.25, 0.3) is 118 Å². The highest BCUT2D eigenvalue weighted by Crippen LogP contribution is 2.53. The molecule has 7 heteroatoms. The van der Waals surface area contributed by atoms with E-state index in [1.165, 1.54) is 27.6 Å². The number of fused-ring (bicyclic) bond motifs is 7. The summed E-state index contributed by atoms with van der Waals surface area (Å²) in [6, 6.07) is 77.8. The monoisotopic (exact) mass is 897 g/mol. The van der Waals surface area contributed by atoms with Crippen LogP contribution in [-0.2, 0) is 5.41 Å². The summed E-state index contributed by atoms with van der Waals surface area (Å²) in [6.45, 7) is 4.67. The summed E-state index contributed by atoms with van der Waals surface area (Å²) in [5, 5.41) is 2.34. The second-order valence-corrected chi connectivity index (χ2v) is 18.3. The number of aromatic nitrogens is 7. The lowest BCUT2D eigenvalue weighted by Gasteiger charge is -2.21. The summed E-state index contributed by atoms with van der Waals surface area (Å²) in [7, 11) is 0. The number of rotatable bonds is 8. The zero-order valence-electron chi connectivity index (χ0n) is 38.5. The number of hydrogen-bond donors (Lipinski definition) is 0. The van der Waals surface area contributed by atoms with Gasteiger partial charge in [0.05, 0.1) is 16.7 Å². The SMILES string of the molecule is CC1(C)c2ccccc2-c2c1ccc1c3ccccc3n(-c3ccc(-c4nc(-c5ccccc5)nc(-c5ccccc5-c5ccccc5)n4)cc3-c3nc(-c4ccccc4)nc(-c4ccccc4)n3)c21. The lowest BCUT2D eigenvalue weighted by molar-refractivity contribution is 0.661. The molecule has 330 valence electrons. The van der Waals surface area contributed by atoms with Crippen molar-refractivity contribution < 1.29 is 0 Å². The molecule has 12 aromatic rings. The normalized spacial score (nSPS) is 12.5. The number of hydrogen-bond acceptors (Lipinski definition) is 6. The fourth-order valence-electron chi connectivity index (χ4n) is 10.4. The maximum Gasteiger partial charge on any atom is 0.166 e. The average Bonchev–Trinajstić information content (AvgIpc) is 3.89. The molecule has 9 aromatic carbocycles. The van der Waals surface area contributed by atoms with Gasteiger partial charge in [-0.25, -0.2) is 29.9 Å². The van der Waals surface area contributed by atoms with E-state index in [1.807, 2.05) is 103 Å². The van der Waals surface area contributed by atoms with E-state index >= 15 is 0 Å². The maximum absolute atomic E-state index is 5.38. The Balaban J connectivity index is 1.12. The molecule has 1 aliphatic rings. The highest BCUT2D eigenvalue weighted by Gasteiger charge is 2.38. The van der Waals surface area contributed by atoms with Gasteiger partial charge in [-0.3, -0.25) is 0 Å². The minimum absolute atomic E-state index is 0.205. The number of para-hydroxylation sites is 1. The van der Waals surface area contributed by atoms with Gasteiger partial charge >= 0.3 is 0 Å². The van der Waals surface area contributed by atoms with Gasteiger partial charge < -0.3 is 4.57 Å². The van der Waals surface area contributed by atoms with Gasteiger partial charge in [-0.2, -0.15) is 0 Å². The lowest BCUT2D eigenvalue weighted by atomic mass is 9.82. The molecule has 70 heavy (non-hydrogen) atoms. The Morgan fingerprint density at radius 1 is 0.314 bits per heavy atom. The Morgan fingerprint density at radius 3 is 1.37 bits per heavy atom. The first-order valence-electron chi connectivity index (χ1n) is 23.6. The summed E-state index contributed by atoms with van der Waals surface area (Å²) in [5.41, 5.74) is 15.3. The largest absolute Gasteiger partial charge is 0.308 e. The Labute approximate surface area is 405 Å². The lowest BCUT2D eigenvalue weighted by Crippen LogP contribution is -2.14. The molecular formula is C63H43N7. The molecule has 0 spiro atoms. The molecule has 0 saturated heterocycles. The Morgan fingerprint density at radius 2 is 0.771 bits per heavy atom. The van der Waals surface area contributed by atoms with Crippen molar-refractivity contribution in [3.63, 3.8) is 0 Å². The van der Waals surface area contributed by atoms with Crippen molar-refractivity contribution in [2.45, 2.75) is 19.3 Å². The molecule has 0 unspecified atom stereocenters. The van der Waals surface area contributed by atoms with E-state index in [-0.39, 0.29) is 5.41 Å². The van der Waals surface area contributed by atoms with Gasteiger partial charge in [-0.05, 0) is 52.1 Å². The zero-order valence-corrected chi connectivity index (χ0v) is 38.5. The average molecular weight is 898 g/mol. The highest BCUT2D eigenvalue weighted by molar-refractivity contribution is 6.16. The molecule has 0 fully saturated rings. The molecular weight excluding hydrogens is 855 g/mol. The van der Waals surface area contributed by atoms with Gasteiger partial charge in [-0.15, -0.1) is 0 Å². The third-order valence-electron chi connectivity index (χ3n) is 13.7. The van der Waals surface area contributed by atoms with Crippen LogP contribution in [-0.4, -0.2) is 34.5 Å². The molecule has 0 bridgehead atoms. The molecule has 1 aliphatic carbocycles. The van der Waals surface area contributed by atoms with Crippen molar-refractivity contribution in [1.29, 1.82) is 0 Å². The summed E-state index contributed by atoms with van der Waals surface area (Å²) < 4.78 is 2.43. The van der Waals surface area contributed by atoms with Gasteiger partial charge in [-0.1, -0.05) is 214 Å². The van der Waals surface area contributed by atoms with Crippen molar-refractivity contribution in [2.75, 3.05) is 0 Å². The van der Waals surface area contributed by atoms with Gasteiger partial charge in [0.1, 0.15) is 0 Å². The number of benzene rings is 9. The molecule has 0 atom stereocenters. The van der Waals surface area contributed by atoms with E-state index in [4.69, 9.17) is 29.9 Å². The quantitative estimate of drug-likeness (QED) is 0.151. The Bertz CT molecular complexity index is 3900. The Hall–Kier alpha value is -9.20. The van der Waals surface area contributed by atoms with Gasteiger partial charge in [0, 0.05) is 55.1 Å².